The summed E-state index contributed by atoms with van der Waals surface area (Å²) in [6.45, 7) is 1.81. The monoisotopic (exact) mass is 246 g/mol. The smallest absolute Gasteiger partial charge is 0.203 e. The van der Waals surface area contributed by atoms with E-state index in [-0.39, 0.29) is 0 Å². The highest BCUT2D eigenvalue weighted by molar-refractivity contribution is 5.18. The van der Waals surface area contributed by atoms with Crippen LogP contribution in [0.5, 0.6) is 0 Å². The summed E-state index contributed by atoms with van der Waals surface area (Å²) in [5.41, 5.74) is 0. The van der Waals surface area contributed by atoms with Crippen LogP contribution in [-0.4, -0.2) is 6.54 Å². The molecule has 1 aromatic heterocycles. The van der Waals surface area contributed by atoms with Crippen molar-refractivity contribution >= 4 is 0 Å². The highest BCUT2D eigenvalue weighted by Gasteiger charge is 2.11. The Morgan fingerprint density at radius 1 is 1.17 bits per heavy atom. The van der Waals surface area contributed by atoms with Crippen LogP contribution in [0.15, 0.2) is 16.5 Å². The highest BCUT2D eigenvalue weighted by Crippen LogP contribution is 2.21. The molecule has 0 atom stereocenters. The van der Waals surface area contributed by atoms with Crippen molar-refractivity contribution in [3.8, 4) is 6.07 Å². The van der Waals surface area contributed by atoms with Crippen molar-refractivity contribution in [1.82, 2.24) is 5.32 Å². The Kier molecular flexibility index (Phi) is 5.29. The van der Waals surface area contributed by atoms with E-state index in [0.717, 1.165) is 24.8 Å². The first-order valence-corrected chi connectivity index (χ1v) is 7.08. The fourth-order valence-corrected chi connectivity index (χ4v) is 2.68. The van der Waals surface area contributed by atoms with Crippen LogP contribution in [0.1, 0.15) is 56.5 Å². The van der Waals surface area contributed by atoms with Gasteiger partial charge in [-0.05, 0) is 37.4 Å². The van der Waals surface area contributed by atoms with Crippen LogP contribution in [0, 0.1) is 17.2 Å². The number of hydrogen-bond acceptors (Lipinski definition) is 3. The van der Waals surface area contributed by atoms with Gasteiger partial charge in [0.1, 0.15) is 11.8 Å². The van der Waals surface area contributed by atoms with Gasteiger partial charge in [0, 0.05) is 0 Å². The third-order valence-corrected chi connectivity index (χ3v) is 3.73. The van der Waals surface area contributed by atoms with Gasteiger partial charge < -0.3 is 9.73 Å². The SMILES string of the molecule is N#Cc1ccc(CNCC2CCCCCCC2)o1. The molecule has 3 nitrogen and oxygen atoms in total. The predicted molar refractivity (Wildman–Crippen MR) is 70.9 cm³/mol. The Balaban J connectivity index is 1.69. The van der Waals surface area contributed by atoms with Gasteiger partial charge in [0.25, 0.3) is 0 Å². The molecule has 0 saturated heterocycles. The molecular weight excluding hydrogens is 224 g/mol. The molecule has 3 heteroatoms. The largest absolute Gasteiger partial charge is 0.449 e. The van der Waals surface area contributed by atoms with Gasteiger partial charge in [0.2, 0.25) is 5.76 Å². The highest BCUT2D eigenvalue weighted by atomic mass is 16.3. The average Bonchev–Trinajstić information content (AvgIpc) is 2.79. The molecule has 1 saturated carbocycles. The topological polar surface area (TPSA) is 49.0 Å². The molecule has 98 valence electrons. The van der Waals surface area contributed by atoms with E-state index in [4.69, 9.17) is 9.68 Å². The van der Waals surface area contributed by atoms with Crippen molar-refractivity contribution in [2.24, 2.45) is 5.92 Å². The molecule has 18 heavy (non-hydrogen) atoms. The lowest BCUT2D eigenvalue weighted by atomic mass is 9.91. The Morgan fingerprint density at radius 2 is 1.89 bits per heavy atom. The van der Waals surface area contributed by atoms with Crippen LogP contribution in [0.3, 0.4) is 0 Å². The minimum atomic E-state index is 0.401. The minimum absolute atomic E-state index is 0.401. The molecule has 1 aliphatic carbocycles. The summed E-state index contributed by atoms with van der Waals surface area (Å²) >= 11 is 0. The molecule has 1 N–H and O–H groups in total. The molecule has 0 radical (unpaired) electrons. The maximum atomic E-state index is 8.67. The van der Waals surface area contributed by atoms with Crippen LogP contribution in [-0.2, 0) is 6.54 Å². The zero-order valence-electron chi connectivity index (χ0n) is 11.0. The third-order valence-electron chi connectivity index (χ3n) is 3.73. The van der Waals surface area contributed by atoms with Gasteiger partial charge in [-0.2, -0.15) is 5.26 Å². The molecule has 0 aliphatic heterocycles. The summed E-state index contributed by atoms with van der Waals surface area (Å²) in [6.07, 6.45) is 9.70. The van der Waals surface area contributed by atoms with Crippen molar-refractivity contribution in [3.63, 3.8) is 0 Å². The van der Waals surface area contributed by atoms with E-state index in [1.807, 2.05) is 12.1 Å². The number of nitrogens with one attached hydrogen (secondary N) is 1. The number of nitrogens with zero attached hydrogens (tertiary/aromatic N) is 1. The van der Waals surface area contributed by atoms with Crippen molar-refractivity contribution in [3.05, 3.63) is 23.7 Å². The summed E-state index contributed by atoms with van der Waals surface area (Å²) in [5.74, 6) is 2.07. The van der Waals surface area contributed by atoms with Gasteiger partial charge in [-0.3, -0.25) is 0 Å². The number of rotatable bonds is 4. The van der Waals surface area contributed by atoms with E-state index in [9.17, 15) is 0 Å². The quantitative estimate of drug-likeness (QED) is 0.883. The second-order valence-corrected chi connectivity index (χ2v) is 5.22. The van der Waals surface area contributed by atoms with Crippen molar-refractivity contribution < 1.29 is 4.42 Å². The number of hydrogen-bond donors (Lipinski definition) is 1. The molecule has 1 aromatic rings. The van der Waals surface area contributed by atoms with Gasteiger partial charge in [-0.25, -0.2) is 0 Å². The van der Waals surface area contributed by atoms with E-state index in [2.05, 4.69) is 5.32 Å². The Bertz CT molecular complexity index is 383. The molecule has 1 heterocycles. The second kappa shape index (κ2) is 7.23. The van der Waals surface area contributed by atoms with Crippen molar-refractivity contribution in [2.45, 2.75) is 51.5 Å². The normalized spacial score (nSPS) is 17.9. The maximum absolute atomic E-state index is 8.67. The van der Waals surface area contributed by atoms with Crippen LogP contribution in [0.25, 0.3) is 0 Å². The lowest BCUT2D eigenvalue weighted by molar-refractivity contribution is 0.353. The summed E-state index contributed by atoms with van der Waals surface area (Å²) < 4.78 is 5.34. The maximum Gasteiger partial charge on any atom is 0.203 e. The van der Waals surface area contributed by atoms with E-state index < -0.39 is 0 Å². The minimum Gasteiger partial charge on any atom is -0.449 e. The third kappa shape index (κ3) is 4.19. The lowest BCUT2D eigenvalue weighted by Gasteiger charge is -2.19. The first-order valence-electron chi connectivity index (χ1n) is 7.08. The summed E-state index contributed by atoms with van der Waals surface area (Å²) in [4.78, 5) is 0. The van der Waals surface area contributed by atoms with Gasteiger partial charge in [0.05, 0.1) is 6.54 Å². The summed E-state index contributed by atoms with van der Waals surface area (Å²) in [5, 5.41) is 12.1. The van der Waals surface area contributed by atoms with Gasteiger partial charge in [-0.1, -0.05) is 32.1 Å². The second-order valence-electron chi connectivity index (χ2n) is 5.22. The molecule has 1 aliphatic rings. The van der Waals surface area contributed by atoms with Crippen LogP contribution in [0.4, 0.5) is 0 Å². The predicted octanol–water partition coefficient (Wildman–Crippen LogP) is 3.60. The number of furan rings is 1. The van der Waals surface area contributed by atoms with Crippen molar-refractivity contribution in [1.29, 1.82) is 5.26 Å². The summed E-state index contributed by atoms with van der Waals surface area (Å²) in [6, 6.07) is 5.62. The molecular formula is C15H22N2O. The fraction of sp³-hybridized carbons (Fsp3) is 0.667. The zero-order chi connectivity index (χ0) is 12.6. The molecule has 0 aromatic carbocycles. The van der Waals surface area contributed by atoms with Crippen LogP contribution < -0.4 is 5.32 Å². The Labute approximate surface area is 109 Å². The fourth-order valence-electron chi connectivity index (χ4n) is 2.68. The van der Waals surface area contributed by atoms with E-state index in [1.165, 1.54) is 44.9 Å². The zero-order valence-corrected chi connectivity index (χ0v) is 11.0. The van der Waals surface area contributed by atoms with Gasteiger partial charge in [0.15, 0.2) is 0 Å². The Morgan fingerprint density at radius 3 is 2.56 bits per heavy atom. The van der Waals surface area contributed by atoms with E-state index >= 15 is 0 Å². The van der Waals surface area contributed by atoms with E-state index in [0.29, 0.717) is 5.76 Å². The first kappa shape index (κ1) is 13.2. The molecule has 2 rings (SSSR count). The standard InChI is InChI=1S/C15H22N2O/c16-10-14-8-9-15(18-14)12-17-11-13-6-4-2-1-3-5-7-13/h8-9,13,17H,1-7,11-12H2. The molecule has 0 bridgehead atoms. The Hall–Kier alpha value is -1.27. The number of nitriles is 1. The molecule has 0 spiro atoms. The average molecular weight is 246 g/mol. The molecule has 1 fully saturated rings. The van der Waals surface area contributed by atoms with Crippen molar-refractivity contribution in [2.75, 3.05) is 6.54 Å². The van der Waals surface area contributed by atoms with Gasteiger partial charge in [-0.15, -0.1) is 0 Å². The van der Waals surface area contributed by atoms with E-state index in [1.54, 1.807) is 6.07 Å². The van der Waals surface area contributed by atoms with Crippen LogP contribution in [0.2, 0.25) is 0 Å². The first-order chi connectivity index (χ1) is 8.88. The summed E-state index contributed by atoms with van der Waals surface area (Å²) in [7, 11) is 0. The van der Waals surface area contributed by atoms with Crippen LogP contribution >= 0.6 is 0 Å². The lowest BCUT2D eigenvalue weighted by Crippen LogP contribution is -2.23. The molecule has 0 unspecified atom stereocenters. The van der Waals surface area contributed by atoms with Gasteiger partial charge >= 0.3 is 0 Å². The molecule has 0 amide bonds.